The average Bonchev–Trinajstić information content (AvgIpc) is 3.07. The number of ether oxygens (including phenoxy) is 1. The summed E-state index contributed by atoms with van der Waals surface area (Å²) >= 11 is 0. The van der Waals surface area contributed by atoms with Crippen molar-refractivity contribution in [2.24, 2.45) is 11.7 Å². The Labute approximate surface area is 91.5 Å². The van der Waals surface area contributed by atoms with Gasteiger partial charge in [0.05, 0.1) is 0 Å². The fraction of sp³-hybridized carbons (Fsp3) is 0.909. The highest BCUT2D eigenvalue weighted by molar-refractivity contribution is 5.84. The van der Waals surface area contributed by atoms with E-state index in [1.807, 2.05) is 6.92 Å². The van der Waals surface area contributed by atoms with Crippen molar-refractivity contribution in [2.75, 3.05) is 13.7 Å². The third kappa shape index (κ3) is 3.18. The lowest BCUT2D eigenvalue weighted by Gasteiger charge is -2.26. The molecule has 2 atom stereocenters. The number of nitrogens with two attached hydrogens (primary N) is 1. The molecule has 1 fully saturated rings. The van der Waals surface area contributed by atoms with Crippen LogP contribution in [0.5, 0.6) is 0 Å². The van der Waals surface area contributed by atoms with Crippen molar-refractivity contribution in [1.82, 2.24) is 5.32 Å². The van der Waals surface area contributed by atoms with E-state index in [2.05, 4.69) is 5.32 Å². The number of methoxy groups -OCH3 is 1. The monoisotopic (exact) mass is 214 g/mol. The fourth-order valence-corrected chi connectivity index (χ4v) is 1.49. The molecule has 4 heteroatoms. The minimum Gasteiger partial charge on any atom is -0.369 e. The van der Waals surface area contributed by atoms with E-state index in [-0.39, 0.29) is 11.9 Å². The van der Waals surface area contributed by atoms with Crippen molar-refractivity contribution in [3.05, 3.63) is 0 Å². The predicted molar refractivity (Wildman–Crippen MR) is 59.4 cm³/mol. The summed E-state index contributed by atoms with van der Waals surface area (Å²) in [5, 5.41) is 2.86. The van der Waals surface area contributed by atoms with Gasteiger partial charge in [-0.1, -0.05) is 6.92 Å². The molecule has 4 nitrogen and oxygen atoms in total. The number of hydrogen-bond donors (Lipinski definition) is 2. The topological polar surface area (TPSA) is 64.3 Å². The molecule has 0 aromatic heterocycles. The smallest absolute Gasteiger partial charge is 0.251 e. The number of nitrogens with one attached hydrogen (secondary N) is 1. The van der Waals surface area contributed by atoms with E-state index < -0.39 is 5.60 Å². The van der Waals surface area contributed by atoms with E-state index in [4.69, 9.17) is 10.5 Å². The normalized spacial score (nSPS) is 21.9. The molecule has 0 aliphatic heterocycles. The van der Waals surface area contributed by atoms with Crippen molar-refractivity contribution in [3.8, 4) is 0 Å². The van der Waals surface area contributed by atoms with Crippen LogP contribution in [0.3, 0.4) is 0 Å². The van der Waals surface area contributed by atoms with Gasteiger partial charge in [-0.2, -0.15) is 0 Å². The number of rotatable bonds is 6. The van der Waals surface area contributed by atoms with Gasteiger partial charge in [-0.15, -0.1) is 0 Å². The molecule has 1 amide bonds. The van der Waals surface area contributed by atoms with E-state index >= 15 is 0 Å². The zero-order valence-electron chi connectivity index (χ0n) is 9.88. The van der Waals surface area contributed by atoms with Gasteiger partial charge in [-0.05, 0) is 32.1 Å². The molecular formula is C11H22N2O2. The second-order valence-electron chi connectivity index (χ2n) is 4.50. The van der Waals surface area contributed by atoms with Crippen LogP contribution >= 0.6 is 0 Å². The Hall–Kier alpha value is -0.610. The van der Waals surface area contributed by atoms with Gasteiger partial charge in [0.25, 0.3) is 5.91 Å². The van der Waals surface area contributed by atoms with E-state index in [1.54, 1.807) is 14.0 Å². The fourth-order valence-electron chi connectivity index (χ4n) is 1.49. The predicted octanol–water partition coefficient (Wildman–Crippen LogP) is 0.655. The maximum atomic E-state index is 11.8. The third-order valence-electron chi connectivity index (χ3n) is 3.33. The van der Waals surface area contributed by atoms with E-state index in [0.29, 0.717) is 18.9 Å². The Morgan fingerprint density at radius 2 is 2.27 bits per heavy atom. The van der Waals surface area contributed by atoms with E-state index in [9.17, 15) is 4.79 Å². The Morgan fingerprint density at radius 3 is 2.67 bits per heavy atom. The number of carbonyl (C=O) groups is 1. The number of carbonyl (C=O) groups excluding carboxylic acids is 1. The largest absolute Gasteiger partial charge is 0.369 e. The summed E-state index contributed by atoms with van der Waals surface area (Å²) in [6.45, 7) is 4.29. The second kappa shape index (κ2) is 4.94. The molecule has 0 aromatic carbocycles. The molecule has 0 spiro atoms. The Kier molecular flexibility index (Phi) is 4.11. The number of amides is 1. The summed E-state index contributed by atoms with van der Waals surface area (Å²) in [7, 11) is 1.56. The van der Waals surface area contributed by atoms with Crippen LogP contribution in [0.4, 0.5) is 0 Å². The van der Waals surface area contributed by atoms with Crippen LogP contribution in [0, 0.1) is 5.92 Å². The summed E-state index contributed by atoms with van der Waals surface area (Å²) in [6.07, 6.45) is 3.06. The van der Waals surface area contributed by atoms with Crippen molar-refractivity contribution in [3.63, 3.8) is 0 Å². The first kappa shape index (κ1) is 12.5. The molecule has 0 bridgehead atoms. The zero-order chi connectivity index (χ0) is 11.5. The van der Waals surface area contributed by atoms with Crippen LogP contribution in [0.1, 0.15) is 33.1 Å². The van der Waals surface area contributed by atoms with Crippen LogP contribution < -0.4 is 11.1 Å². The standard InChI is InChI=1S/C11H22N2O2/c1-4-11(2,15-3)10(14)13-7-9(12)8-5-6-8/h8-9H,4-7,12H2,1-3H3,(H,13,14). The quantitative estimate of drug-likeness (QED) is 0.682. The van der Waals surface area contributed by atoms with Crippen molar-refractivity contribution < 1.29 is 9.53 Å². The minimum absolute atomic E-state index is 0.0661. The van der Waals surface area contributed by atoms with Crippen molar-refractivity contribution in [2.45, 2.75) is 44.8 Å². The Morgan fingerprint density at radius 1 is 1.67 bits per heavy atom. The van der Waals surface area contributed by atoms with Crippen LogP contribution in [0.25, 0.3) is 0 Å². The van der Waals surface area contributed by atoms with Gasteiger partial charge >= 0.3 is 0 Å². The molecule has 0 aromatic rings. The molecule has 15 heavy (non-hydrogen) atoms. The highest BCUT2D eigenvalue weighted by Gasteiger charge is 2.33. The molecule has 1 rings (SSSR count). The van der Waals surface area contributed by atoms with Crippen LogP contribution in [-0.2, 0) is 9.53 Å². The van der Waals surface area contributed by atoms with Crippen LogP contribution in [0.15, 0.2) is 0 Å². The molecule has 88 valence electrons. The van der Waals surface area contributed by atoms with E-state index in [0.717, 1.165) is 0 Å². The first-order chi connectivity index (χ1) is 7.03. The minimum atomic E-state index is -0.719. The molecular weight excluding hydrogens is 192 g/mol. The van der Waals surface area contributed by atoms with Crippen molar-refractivity contribution in [1.29, 1.82) is 0 Å². The van der Waals surface area contributed by atoms with Crippen LogP contribution in [-0.4, -0.2) is 31.2 Å². The highest BCUT2D eigenvalue weighted by Crippen LogP contribution is 2.31. The maximum absolute atomic E-state index is 11.8. The molecule has 3 N–H and O–H groups in total. The molecule has 1 aliphatic carbocycles. The summed E-state index contributed by atoms with van der Waals surface area (Å²) in [6, 6.07) is 0.104. The Balaban J connectivity index is 2.33. The molecule has 1 aliphatic rings. The van der Waals surface area contributed by atoms with Gasteiger partial charge in [0, 0.05) is 19.7 Å². The summed E-state index contributed by atoms with van der Waals surface area (Å²) in [4.78, 5) is 11.8. The van der Waals surface area contributed by atoms with Gasteiger partial charge in [-0.3, -0.25) is 4.79 Å². The first-order valence-electron chi connectivity index (χ1n) is 5.62. The third-order valence-corrected chi connectivity index (χ3v) is 3.33. The Bertz CT molecular complexity index is 223. The maximum Gasteiger partial charge on any atom is 0.251 e. The van der Waals surface area contributed by atoms with Gasteiger partial charge in [0.1, 0.15) is 5.60 Å². The summed E-state index contributed by atoms with van der Waals surface area (Å²) in [5.41, 5.74) is 5.18. The number of hydrogen-bond acceptors (Lipinski definition) is 3. The van der Waals surface area contributed by atoms with Gasteiger partial charge in [0.2, 0.25) is 0 Å². The molecule has 0 heterocycles. The van der Waals surface area contributed by atoms with Gasteiger partial charge < -0.3 is 15.8 Å². The average molecular weight is 214 g/mol. The van der Waals surface area contributed by atoms with Gasteiger partial charge in [-0.25, -0.2) is 0 Å². The lowest BCUT2D eigenvalue weighted by Crippen LogP contribution is -2.49. The molecule has 0 radical (unpaired) electrons. The first-order valence-corrected chi connectivity index (χ1v) is 5.62. The van der Waals surface area contributed by atoms with Crippen LogP contribution in [0.2, 0.25) is 0 Å². The van der Waals surface area contributed by atoms with Gasteiger partial charge in [0.15, 0.2) is 0 Å². The SMILES string of the molecule is CCC(C)(OC)C(=O)NCC(N)C1CC1. The highest BCUT2D eigenvalue weighted by atomic mass is 16.5. The van der Waals surface area contributed by atoms with Crippen molar-refractivity contribution >= 4 is 5.91 Å². The van der Waals surface area contributed by atoms with E-state index in [1.165, 1.54) is 12.8 Å². The molecule has 0 saturated heterocycles. The second-order valence-corrected chi connectivity index (χ2v) is 4.50. The zero-order valence-corrected chi connectivity index (χ0v) is 9.88. The summed E-state index contributed by atoms with van der Waals surface area (Å²) < 4.78 is 5.20. The molecule has 1 saturated carbocycles. The lowest BCUT2D eigenvalue weighted by atomic mass is 10.0. The molecule has 2 unspecified atom stereocenters. The lowest BCUT2D eigenvalue weighted by molar-refractivity contribution is -0.141. The summed E-state index contributed by atoms with van der Waals surface area (Å²) in [5.74, 6) is 0.546.